The Hall–Kier alpha value is -2.23. The number of fused-ring (bicyclic) bond motifs is 1. The average molecular weight is 332 g/mol. The number of benzene rings is 1. The molecule has 1 aromatic carbocycles. The van der Waals surface area contributed by atoms with E-state index in [1.165, 1.54) is 0 Å². The molecule has 0 N–H and O–H groups in total. The van der Waals surface area contributed by atoms with Crippen molar-refractivity contribution < 1.29 is 14.3 Å². The van der Waals surface area contributed by atoms with Crippen LogP contribution in [0.4, 0.5) is 0 Å². The van der Waals surface area contributed by atoms with Crippen LogP contribution in [-0.2, 0) is 14.3 Å². The molecule has 0 spiro atoms. The fourth-order valence-corrected chi connectivity index (χ4v) is 2.68. The first-order chi connectivity index (χ1) is 11.2. The minimum absolute atomic E-state index is 0.0318. The highest BCUT2D eigenvalue weighted by atomic mass is 35.5. The molecule has 1 aliphatic rings. The highest BCUT2D eigenvalue weighted by Crippen LogP contribution is 2.25. The van der Waals surface area contributed by atoms with Crippen molar-refractivity contribution in [3.8, 4) is 6.07 Å². The first-order valence-electron chi connectivity index (χ1n) is 7.29. The van der Waals surface area contributed by atoms with E-state index in [1.54, 1.807) is 18.2 Å². The van der Waals surface area contributed by atoms with Gasteiger partial charge in [0, 0.05) is 6.61 Å². The molecule has 1 aromatic heterocycles. The number of esters is 1. The molecule has 2 aromatic rings. The van der Waals surface area contributed by atoms with Gasteiger partial charge in [-0.2, -0.15) is 5.26 Å². The molecule has 0 saturated carbocycles. The van der Waals surface area contributed by atoms with Gasteiger partial charge < -0.3 is 9.47 Å². The van der Waals surface area contributed by atoms with E-state index < -0.39 is 11.9 Å². The number of aromatic nitrogens is 2. The molecule has 2 atom stereocenters. The highest BCUT2D eigenvalue weighted by Gasteiger charge is 2.28. The van der Waals surface area contributed by atoms with E-state index in [-0.39, 0.29) is 23.6 Å². The van der Waals surface area contributed by atoms with Crippen LogP contribution in [-0.4, -0.2) is 35.3 Å². The van der Waals surface area contributed by atoms with Gasteiger partial charge in [0.05, 0.1) is 23.2 Å². The number of halogens is 1. The fourth-order valence-electron chi connectivity index (χ4n) is 2.44. The van der Waals surface area contributed by atoms with Crippen LogP contribution in [0.1, 0.15) is 24.5 Å². The molecule has 3 rings (SSSR count). The number of hydrogen-bond donors (Lipinski definition) is 0. The molecule has 1 saturated heterocycles. The van der Waals surface area contributed by atoms with Crippen molar-refractivity contribution in [2.24, 2.45) is 0 Å². The van der Waals surface area contributed by atoms with Crippen LogP contribution in [0.2, 0.25) is 5.15 Å². The van der Waals surface area contributed by atoms with Gasteiger partial charge in [0.15, 0.2) is 11.1 Å². The fraction of sp³-hybridized carbons (Fsp3) is 0.375. The second-order valence-electron chi connectivity index (χ2n) is 5.22. The molecular formula is C16H14ClN3O3. The summed E-state index contributed by atoms with van der Waals surface area (Å²) in [5.41, 5.74) is 1.29. The van der Waals surface area contributed by atoms with Crippen LogP contribution in [0.3, 0.4) is 0 Å². The molecule has 1 fully saturated rings. The van der Waals surface area contributed by atoms with Gasteiger partial charge in [-0.1, -0.05) is 23.7 Å². The van der Waals surface area contributed by atoms with Gasteiger partial charge in [-0.05, 0) is 25.0 Å². The molecule has 0 bridgehead atoms. The SMILES string of the molecule is N#C[C@H](C(=O)OC[C@@H]1CCCO1)c1nc2ccccc2nc1Cl. The molecule has 2 heterocycles. The van der Waals surface area contributed by atoms with Crippen molar-refractivity contribution in [3.63, 3.8) is 0 Å². The van der Waals surface area contributed by atoms with Gasteiger partial charge in [-0.15, -0.1) is 0 Å². The molecule has 7 heteroatoms. The molecule has 0 amide bonds. The van der Waals surface area contributed by atoms with Crippen molar-refractivity contribution in [2.75, 3.05) is 13.2 Å². The summed E-state index contributed by atoms with van der Waals surface area (Å²) >= 11 is 6.09. The quantitative estimate of drug-likeness (QED) is 0.800. The van der Waals surface area contributed by atoms with Crippen LogP contribution >= 0.6 is 11.6 Å². The van der Waals surface area contributed by atoms with Gasteiger partial charge in [-0.3, -0.25) is 4.79 Å². The second kappa shape index (κ2) is 6.90. The third-order valence-corrected chi connectivity index (χ3v) is 3.90. The Labute approximate surface area is 138 Å². The molecule has 118 valence electrons. The van der Waals surface area contributed by atoms with Crippen LogP contribution < -0.4 is 0 Å². The summed E-state index contributed by atoms with van der Waals surface area (Å²) in [5.74, 6) is -1.89. The summed E-state index contributed by atoms with van der Waals surface area (Å²) in [6.45, 7) is 0.807. The predicted molar refractivity (Wildman–Crippen MR) is 82.8 cm³/mol. The molecule has 6 nitrogen and oxygen atoms in total. The molecule has 0 aliphatic carbocycles. The number of nitrogens with zero attached hydrogens (tertiary/aromatic N) is 3. The van der Waals surface area contributed by atoms with Gasteiger partial charge in [0.2, 0.25) is 0 Å². The number of ether oxygens (including phenoxy) is 2. The van der Waals surface area contributed by atoms with E-state index in [9.17, 15) is 10.1 Å². The Bertz CT molecular complexity index is 769. The summed E-state index contributed by atoms with van der Waals surface area (Å²) in [7, 11) is 0. The zero-order valence-corrected chi connectivity index (χ0v) is 13.0. The first kappa shape index (κ1) is 15.7. The maximum atomic E-state index is 12.2. The van der Waals surface area contributed by atoms with E-state index in [0.29, 0.717) is 17.6 Å². The summed E-state index contributed by atoms with van der Waals surface area (Å²) in [6.07, 6.45) is 1.70. The van der Waals surface area contributed by atoms with E-state index in [2.05, 4.69) is 9.97 Å². The topological polar surface area (TPSA) is 85.1 Å². The summed E-state index contributed by atoms with van der Waals surface area (Å²) in [4.78, 5) is 20.7. The van der Waals surface area contributed by atoms with Crippen molar-refractivity contribution in [3.05, 3.63) is 35.1 Å². The van der Waals surface area contributed by atoms with E-state index in [1.807, 2.05) is 12.1 Å². The summed E-state index contributed by atoms with van der Waals surface area (Å²) < 4.78 is 10.6. The number of carbonyl (C=O) groups is 1. The van der Waals surface area contributed by atoms with Gasteiger partial charge in [0.25, 0.3) is 0 Å². The van der Waals surface area contributed by atoms with Crippen molar-refractivity contribution in [2.45, 2.75) is 24.9 Å². The zero-order valence-electron chi connectivity index (χ0n) is 12.2. The number of hydrogen-bond acceptors (Lipinski definition) is 6. The molecular weight excluding hydrogens is 318 g/mol. The Morgan fingerprint density at radius 2 is 2.17 bits per heavy atom. The Morgan fingerprint density at radius 3 is 2.83 bits per heavy atom. The third kappa shape index (κ3) is 3.41. The Kier molecular flexibility index (Phi) is 4.70. The lowest BCUT2D eigenvalue weighted by Gasteiger charge is -2.13. The van der Waals surface area contributed by atoms with Crippen molar-refractivity contribution >= 4 is 28.6 Å². The Balaban J connectivity index is 1.80. The van der Waals surface area contributed by atoms with E-state index >= 15 is 0 Å². The van der Waals surface area contributed by atoms with Crippen molar-refractivity contribution in [1.82, 2.24) is 9.97 Å². The maximum Gasteiger partial charge on any atom is 0.329 e. The van der Waals surface area contributed by atoms with E-state index in [0.717, 1.165) is 12.8 Å². The molecule has 1 aliphatic heterocycles. The van der Waals surface area contributed by atoms with Gasteiger partial charge in [-0.25, -0.2) is 9.97 Å². The number of carbonyl (C=O) groups excluding carboxylic acids is 1. The van der Waals surface area contributed by atoms with Crippen LogP contribution in [0.5, 0.6) is 0 Å². The van der Waals surface area contributed by atoms with Crippen LogP contribution in [0, 0.1) is 11.3 Å². The number of para-hydroxylation sites is 2. The largest absolute Gasteiger partial charge is 0.462 e. The lowest BCUT2D eigenvalue weighted by molar-refractivity contribution is -0.147. The lowest BCUT2D eigenvalue weighted by atomic mass is 10.1. The Morgan fingerprint density at radius 1 is 1.43 bits per heavy atom. The van der Waals surface area contributed by atoms with Gasteiger partial charge in [0.1, 0.15) is 12.3 Å². The smallest absolute Gasteiger partial charge is 0.329 e. The monoisotopic (exact) mass is 331 g/mol. The highest BCUT2D eigenvalue weighted by molar-refractivity contribution is 6.30. The summed E-state index contributed by atoms with van der Waals surface area (Å²) in [6, 6.07) is 9.01. The number of nitriles is 1. The summed E-state index contributed by atoms with van der Waals surface area (Å²) in [5, 5.41) is 9.36. The van der Waals surface area contributed by atoms with Crippen molar-refractivity contribution in [1.29, 1.82) is 5.26 Å². The molecule has 23 heavy (non-hydrogen) atoms. The maximum absolute atomic E-state index is 12.2. The number of rotatable bonds is 4. The van der Waals surface area contributed by atoms with Gasteiger partial charge >= 0.3 is 5.97 Å². The van der Waals surface area contributed by atoms with E-state index in [4.69, 9.17) is 21.1 Å². The first-order valence-corrected chi connectivity index (χ1v) is 7.67. The minimum atomic E-state index is -1.21. The molecule has 0 unspecified atom stereocenters. The minimum Gasteiger partial charge on any atom is -0.462 e. The second-order valence-corrected chi connectivity index (χ2v) is 5.57. The standard InChI is InChI=1S/C16H14ClN3O3/c17-15-14(19-12-5-1-2-6-13(12)20-15)11(8-18)16(21)23-9-10-4-3-7-22-10/h1-2,5-6,10-11H,3-4,7,9H2/t10-,11-/m0/s1. The normalized spacial score (nSPS) is 18.5. The van der Waals surface area contributed by atoms with Crippen LogP contribution in [0.25, 0.3) is 11.0 Å². The molecule has 0 radical (unpaired) electrons. The predicted octanol–water partition coefficient (Wildman–Crippen LogP) is 2.61. The zero-order chi connectivity index (χ0) is 16.2. The average Bonchev–Trinajstić information content (AvgIpc) is 3.07. The lowest BCUT2D eigenvalue weighted by Crippen LogP contribution is -2.22. The van der Waals surface area contributed by atoms with Crippen LogP contribution in [0.15, 0.2) is 24.3 Å². The third-order valence-electron chi connectivity index (χ3n) is 3.63.